The van der Waals surface area contributed by atoms with E-state index in [1.54, 1.807) is 24.7 Å². The Hall–Kier alpha value is -3.48. The molecule has 0 aliphatic heterocycles. The van der Waals surface area contributed by atoms with Crippen LogP contribution in [0.25, 0.3) is 22.2 Å². The minimum atomic E-state index is -0.382. The molecule has 0 aliphatic rings. The van der Waals surface area contributed by atoms with Gasteiger partial charge in [0.15, 0.2) is 0 Å². The summed E-state index contributed by atoms with van der Waals surface area (Å²) in [4.78, 5) is 15.8. The molecule has 7 heteroatoms. The smallest absolute Gasteiger partial charge is 0.218 e. The molecule has 0 saturated heterocycles. The van der Waals surface area contributed by atoms with Crippen LogP contribution < -0.4 is 5.73 Å². The molecule has 6 nitrogen and oxygen atoms in total. The topological polar surface area (TPSA) is 89.6 Å². The van der Waals surface area contributed by atoms with E-state index >= 15 is 0 Å². The fourth-order valence-electron chi connectivity index (χ4n) is 3.37. The number of fused-ring (bicyclic) bond motifs is 1. The van der Waals surface area contributed by atoms with Gasteiger partial charge in [-0.25, -0.2) is 9.37 Å². The van der Waals surface area contributed by atoms with Gasteiger partial charge in [-0.15, -0.1) is 0 Å². The molecule has 3 N–H and O–H groups in total. The van der Waals surface area contributed by atoms with E-state index in [0.717, 1.165) is 33.4 Å². The van der Waals surface area contributed by atoms with Gasteiger partial charge < -0.3 is 10.3 Å². The molecule has 1 atom stereocenters. The Morgan fingerprint density at radius 1 is 1.26 bits per heavy atom. The SMILES string of the molecule is Cn1cncc1C(CC(N)=O)c1ccc2[nH]nc(-c3ccc(F)cc3)c2c1. The number of benzene rings is 2. The maximum absolute atomic E-state index is 13.2. The number of halogens is 1. The third-order valence-electron chi connectivity index (χ3n) is 4.72. The van der Waals surface area contributed by atoms with E-state index in [-0.39, 0.29) is 24.1 Å². The van der Waals surface area contributed by atoms with E-state index in [1.165, 1.54) is 12.1 Å². The number of aryl methyl sites for hydroxylation is 1. The minimum Gasteiger partial charge on any atom is -0.370 e. The molecule has 0 aliphatic carbocycles. The zero-order valence-electron chi connectivity index (χ0n) is 14.7. The zero-order valence-corrected chi connectivity index (χ0v) is 14.7. The van der Waals surface area contributed by atoms with Crippen LogP contribution in [-0.4, -0.2) is 25.7 Å². The second kappa shape index (κ2) is 6.68. The van der Waals surface area contributed by atoms with Crippen molar-refractivity contribution in [3.63, 3.8) is 0 Å². The van der Waals surface area contributed by atoms with Crippen molar-refractivity contribution in [2.75, 3.05) is 0 Å². The molecule has 0 bridgehead atoms. The number of rotatable bonds is 5. The number of amides is 1. The second-order valence-corrected chi connectivity index (χ2v) is 6.54. The van der Waals surface area contributed by atoms with Crippen molar-refractivity contribution >= 4 is 16.8 Å². The Morgan fingerprint density at radius 2 is 2.04 bits per heavy atom. The normalized spacial score (nSPS) is 12.4. The first-order valence-corrected chi connectivity index (χ1v) is 8.51. The Labute approximate surface area is 154 Å². The maximum Gasteiger partial charge on any atom is 0.218 e. The minimum absolute atomic E-state index is 0.175. The van der Waals surface area contributed by atoms with Gasteiger partial charge in [-0.2, -0.15) is 5.10 Å². The number of primary amides is 1. The van der Waals surface area contributed by atoms with E-state index in [9.17, 15) is 9.18 Å². The van der Waals surface area contributed by atoms with Crippen LogP contribution in [0.2, 0.25) is 0 Å². The first kappa shape index (κ1) is 17.0. The molecule has 0 fully saturated rings. The summed E-state index contributed by atoms with van der Waals surface area (Å²) in [6.07, 6.45) is 3.62. The average molecular weight is 363 g/mol. The summed E-state index contributed by atoms with van der Waals surface area (Å²) >= 11 is 0. The van der Waals surface area contributed by atoms with Crippen LogP contribution in [0.5, 0.6) is 0 Å². The lowest BCUT2D eigenvalue weighted by Crippen LogP contribution is -2.17. The van der Waals surface area contributed by atoms with E-state index in [0.29, 0.717) is 0 Å². The molecule has 2 aromatic heterocycles. The van der Waals surface area contributed by atoms with E-state index in [4.69, 9.17) is 5.73 Å². The van der Waals surface area contributed by atoms with Gasteiger partial charge in [0, 0.05) is 42.2 Å². The summed E-state index contributed by atoms with van der Waals surface area (Å²) in [7, 11) is 1.89. The molecule has 0 radical (unpaired) electrons. The standard InChI is InChI=1S/C20H18FN5O/c1-26-11-23-10-18(26)15(9-19(22)27)13-4-7-17-16(8-13)20(25-24-17)12-2-5-14(21)6-3-12/h2-8,10-11,15H,9H2,1H3,(H2,22,27)(H,24,25). The molecule has 2 heterocycles. The molecule has 1 amide bonds. The van der Waals surface area contributed by atoms with Crippen molar-refractivity contribution in [3.8, 4) is 11.3 Å². The number of nitrogens with one attached hydrogen (secondary N) is 1. The molecule has 4 aromatic rings. The van der Waals surface area contributed by atoms with E-state index < -0.39 is 0 Å². The summed E-state index contributed by atoms with van der Waals surface area (Å²) in [5, 5.41) is 8.28. The number of hydrogen-bond acceptors (Lipinski definition) is 3. The Kier molecular flexibility index (Phi) is 4.19. The fourth-order valence-corrected chi connectivity index (χ4v) is 3.37. The third kappa shape index (κ3) is 3.19. The van der Waals surface area contributed by atoms with Gasteiger partial charge in [-0.3, -0.25) is 9.89 Å². The number of aromatic amines is 1. The summed E-state index contributed by atoms with van der Waals surface area (Å²) in [6.45, 7) is 0. The van der Waals surface area contributed by atoms with Crippen LogP contribution in [0.1, 0.15) is 23.6 Å². The Balaban J connectivity index is 1.83. The number of hydrogen-bond donors (Lipinski definition) is 2. The van der Waals surface area contributed by atoms with Gasteiger partial charge in [-0.1, -0.05) is 6.07 Å². The van der Waals surface area contributed by atoms with Crippen molar-refractivity contribution in [1.29, 1.82) is 0 Å². The van der Waals surface area contributed by atoms with Gasteiger partial charge in [0.05, 0.1) is 17.5 Å². The lowest BCUT2D eigenvalue weighted by atomic mass is 9.91. The summed E-state index contributed by atoms with van der Waals surface area (Å²) in [5.74, 6) is -0.889. The Morgan fingerprint density at radius 3 is 2.70 bits per heavy atom. The molecule has 4 rings (SSSR count). The monoisotopic (exact) mass is 363 g/mol. The quantitative estimate of drug-likeness (QED) is 0.571. The van der Waals surface area contributed by atoms with Crippen LogP contribution >= 0.6 is 0 Å². The number of imidazole rings is 1. The number of carbonyl (C=O) groups excluding carboxylic acids is 1. The van der Waals surface area contributed by atoms with Crippen LogP contribution in [0, 0.1) is 5.82 Å². The Bertz CT molecular complexity index is 1110. The fraction of sp³-hybridized carbons (Fsp3) is 0.150. The van der Waals surface area contributed by atoms with Gasteiger partial charge in [0.1, 0.15) is 5.82 Å². The zero-order chi connectivity index (χ0) is 19.0. The molecular weight excluding hydrogens is 345 g/mol. The first-order valence-electron chi connectivity index (χ1n) is 8.51. The number of aromatic nitrogens is 4. The van der Waals surface area contributed by atoms with E-state index in [2.05, 4.69) is 15.2 Å². The van der Waals surface area contributed by atoms with Gasteiger partial charge in [0.2, 0.25) is 5.91 Å². The van der Waals surface area contributed by atoms with Gasteiger partial charge >= 0.3 is 0 Å². The summed E-state index contributed by atoms with van der Waals surface area (Å²) < 4.78 is 15.1. The first-order chi connectivity index (χ1) is 13.0. The molecule has 0 saturated carbocycles. The molecule has 27 heavy (non-hydrogen) atoms. The predicted octanol–water partition coefficient (Wildman–Crippen LogP) is 3.11. The molecule has 2 aromatic carbocycles. The summed E-state index contributed by atoms with van der Waals surface area (Å²) in [6, 6.07) is 12.1. The number of nitrogens with two attached hydrogens (primary N) is 1. The van der Waals surface area contributed by atoms with Crippen LogP contribution in [0.4, 0.5) is 4.39 Å². The lowest BCUT2D eigenvalue weighted by molar-refractivity contribution is -0.118. The number of nitrogens with zero attached hydrogens (tertiary/aromatic N) is 3. The average Bonchev–Trinajstić information content (AvgIpc) is 3.26. The summed E-state index contributed by atoms with van der Waals surface area (Å²) in [5.41, 5.74) is 9.74. The second-order valence-electron chi connectivity index (χ2n) is 6.54. The third-order valence-corrected chi connectivity index (χ3v) is 4.72. The predicted molar refractivity (Wildman–Crippen MR) is 100 cm³/mol. The van der Waals surface area contributed by atoms with Crippen molar-refractivity contribution in [2.45, 2.75) is 12.3 Å². The highest BCUT2D eigenvalue weighted by molar-refractivity contribution is 5.93. The van der Waals surface area contributed by atoms with Crippen LogP contribution in [0.15, 0.2) is 55.0 Å². The largest absolute Gasteiger partial charge is 0.370 e. The van der Waals surface area contributed by atoms with E-state index in [1.807, 2.05) is 29.8 Å². The molecule has 136 valence electrons. The van der Waals surface area contributed by atoms with Gasteiger partial charge in [-0.05, 0) is 42.0 Å². The number of carbonyl (C=O) groups is 1. The maximum atomic E-state index is 13.2. The lowest BCUT2D eigenvalue weighted by Gasteiger charge is -2.17. The van der Waals surface area contributed by atoms with Crippen LogP contribution in [0.3, 0.4) is 0 Å². The van der Waals surface area contributed by atoms with Crippen LogP contribution in [-0.2, 0) is 11.8 Å². The van der Waals surface area contributed by atoms with Gasteiger partial charge in [0.25, 0.3) is 0 Å². The molecular formula is C20H18FN5O. The van der Waals surface area contributed by atoms with Crippen molar-refractivity contribution in [3.05, 3.63) is 72.1 Å². The van der Waals surface area contributed by atoms with Crippen molar-refractivity contribution in [1.82, 2.24) is 19.7 Å². The number of H-pyrrole nitrogens is 1. The molecule has 1 unspecified atom stereocenters. The van der Waals surface area contributed by atoms with Crippen molar-refractivity contribution < 1.29 is 9.18 Å². The highest BCUT2D eigenvalue weighted by Crippen LogP contribution is 2.33. The highest BCUT2D eigenvalue weighted by Gasteiger charge is 2.21. The van der Waals surface area contributed by atoms with Crippen molar-refractivity contribution in [2.24, 2.45) is 12.8 Å². The molecule has 0 spiro atoms. The highest BCUT2D eigenvalue weighted by atomic mass is 19.1.